The van der Waals surface area contributed by atoms with Crippen molar-refractivity contribution in [2.75, 3.05) is 24.5 Å². The molecule has 0 saturated carbocycles. The number of carbonyl (C=O) groups excluding carboxylic acids is 4. The van der Waals surface area contributed by atoms with Crippen molar-refractivity contribution in [1.82, 2.24) is 14.8 Å². The number of Topliss-reactive ketones (excluding diaryl/α,β-unsaturated/α-hetero) is 1. The van der Waals surface area contributed by atoms with Crippen LogP contribution in [0.25, 0.3) is 0 Å². The molecule has 1 N–H and O–H groups in total. The zero-order valence-electron chi connectivity index (χ0n) is 16.1. The second kappa shape index (κ2) is 7.54. The number of carbonyl (C=O) groups is 4. The van der Waals surface area contributed by atoms with Gasteiger partial charge >= 0.3 is 6.03 Å². The van der Waals surface area contributed by atoms with E-state index in [1.807, 2.05) is 6.07 Å². The van der Waals surface area contributed by atoms with Gasteiger partial charge < -0.3 is 9.88 Å². The molecule has 2 aromatic rings. The molecule has 3 heterocycles. The first-order valence-corrected chi connectivity index (χ1v) is 9.68. The summed E-state index contributed by atoms with van der Waals surface area (Å²) in [5.74, 6) is -0.958. The topological polar surface area (TPSA) is 93.8 Å². The molecule has 8 nitrogen and oxygen atoms in total. The van der Waals surface area contributed by atoms with E-state index in [2.05, 4.69) is 4.98 Å². The van der Waals surface area contributed by atoms with Crippen molar-refractivity contribution < 1.29 is 19.2 Å². The molecular formula is C21H22N4O4. The van der Waals surface area contributed by atoms with E-state index < -0.39 is 23.8 Å². The number of amides is 4. The van der Waals surface area contributed by atoms with Crippen LogP contribution in [-0.2, 0) is 4.79 Å². The standard InChI is InChI=1S/C21H22N4O4/c1-14-19(27)24(21(29)25(14)16-7-3-2-4-8-16)13-18(26)15-11-17(22-12-15)20(28)23-9-5-6-10-23/h2-4,7-8,11-12,14,22H,5-6,9-10,13H2,1H3. The summed E-state index contributed by atoms with van der Waals surface area (Å²) in [6.45, 7) is 2.71. The van der Waals surface area contributed by atoms with Gasteiger partial charge in [-0.05, 0) is 38.0 Å². The minimum Gasteiger partial charge on any atom is -0.356 e. The van der Waals surface area contributed by atoms with Gasteiger partial charge in [0.1, 0.15) is 11.7 Å². The Morgan fingerprint density at radius 3 is 2.48 bits per heavy atom. The molecule has 1 aromatic carbocycles. The molecule has 2 aliphatic heterocycles. The zero-order chi connectivity index (χ0) is 20.5. The Bertz CT molecular complexity index is 962. The molecule has 0 spiro atoms. The van der Waals surface area contributed by atoms with Crippen LogP contribution in [0.4, 0.5) is 10.5 Å². The van der Waals surface area contributed by atoms with Crippen molar-refractivity contribution >= 4 is 29.3 Å². The number of aromatic amines is 1. The minimum atomic E-state index is -0.684. The number of hydrogen-bond acceptors (Lipinski definition) is 4. The Morgan fingerprint density at radius 2 is 1.79 bits per heavy atom. The number of likely N-dealkylation sites (tertiary alicyclic amines) is 1. The molecule has 1 unspecified atom stereocenters. The monoisotopic (exact) mass is 394 g/mol. The lowest BCUT2D eigenvalue weighted by Gasteiger charge is -2.19. The molecule has 0 aliphatic carbocycles. The molecular weight excluding hydrogens is 372 g/mol. The number of para-hydroxylation sites is 1. The lowest BCUT2D eigenvalue weighted by molar-refractivity contribution is -0.126. The molecule has 1 atom stereocenters. The van der Waals surface area contributed by atoms with Crippen LogP contribution in [0.3, 0.4) is 0 Å². The number of nitrogens with zero attached hydrogens (tertiary/aromatic N) is 3. The van der Waals surface area contributed by atoms with E-state index in [0.717, 1.165) is 17.7 Å². The van der Waals surface area contributed by atoms with E-state index in [9.17, 15) is 19.2 Å². The Hall–Kier alpha value is -3.42. The highest BCUT2D eigenvalue weighted by Crippen LogP contribution is 2.25. The van der Waals surface area contributed by atoms with Gasteiger partial charge in [0.15, 0.2) is 5.78 Å². The average Bonchev–Trinajstić information content (AvgIpc) is 3.47. The van der Waals surface area contributed by atoms with Crippen LogP contribution in [0.1, 0.15) is 40.6 Å². The predicted octanol–water partition coefficient (Wildman–Crippen LogP) is 2.29. The first-order chi connectivity index (χ1) is 14.0. The molecule has 0 bridgehead atoms. The van der Waals surface area contributed by atoms with E-state index in [-0.39, 0.29) is 18.0 Å². The number of ketones is 1. The van der Waals surface area contributed by atoms with Crippen molar-refractivity contribution in [1.29, 1.82) is 0 Å². The fourth-order valence-electron chi connectivity index (χ4n) is 3.80. The number of aromatic nitrogens is 1. The highest BCUT2D eigenvalue weighted by Gasteiger charge is 2.44. The highest BCUT2D eigenvalue weighted by molar-refractivity contribution is 6.16. The van der Waals surface area contributed by atoms with Gasteiger partial charge in [-0.3, -0.25) is 24.2 Å². The molecule has 2 fully saturated rings. The van der Waals surface area contributed by atoms with Crippen molar-refractivity contribution in [3.05, 3.63) is 53.9 Å². The molecule has 150 valence electrons. The predicted molar refractivity (Wildman–Crippen MR) is 106 cm³/mol. The van der Waals surface area contributed by atoms with Crippen molar-refractivity contribution in [2.24, 2.45) is 0 Å². The molecule has 1 aromatic heterocycles. The number of hydrogen-bond donors (Lipinski definition) is 1. The Kier molecular flexibility index (Phi) is 4.92. The molecule has 0 radical (unpaired) electrons. The number of urea groups is 1. The van der Waals surface area contributed by atoms with E-state index in [0.29, 0.717) is 24.5 Å². The summed E-state index contributed by atoms with van der Waals surface area (Å²) in [4.78, 5) is 57.4. The number of rotatable bonds is 5. The SMILES string of the molecule is CC1C(=O)N(CC(=O)c2c[nH]c(C(=O)N3CCCC3)c2)C(=O)N1c1ccccc1. The van der Waals surface area contributed by atoms with Crippen LogP contribution >= 0.6 is 0 Å². The summed E-state index contributed by atoms with van der Waals surface area (Å²) in [5.41, 5.74) is 1.22. The van der Waals surface area contributed by atoms with Gasteiger partial charge in [-0.25, -0.2) is 4.79 Å². The third kappa shape index (κ3) is 3.41. The molecule has 8 heteroatoms. The van der Waals surface area contributed by atoms with Crippen molar-refractivity contribution in [2.45, 2.75) is 25.8 Å². The van der Waals surface area contributed by atoms with Crippen molar-refractivity contribution in [3.8, 4) is 0 Å². The third-order valence-corrected chi connectivity index (χ3v) is 5.41. The molecule has 2 aliphatic rings. The molecule has 2 saturated heterocycles. The van der Waals surface area contributed by atoms with Gasteiger partial charge in [0.05, 0.1) is 6.54 Å². The van der Waals surface area contributed by atoms with Gasteiger partial charge in [-0.1, -0.05) is 18.2 Å². The maximum atomic E-state index is 12.8. The summed E-state index contributed by atoms with van der Waals surface area (Å²) >= 11 is 0. The lowest BCUT2D eigenvalue weighted by Crippen LogP contribution is -2.37. The van der Waals surface area contributed by atoms with Gasteiger partial charge in [0.25, 0.3) is 11.8 Å². The number of H-pyrrole nitrogens is 1. The normalized spacial score (nSPS) is 19.3. The van der Waals surface area contributed by atoms with E-state index >= 15 is 0 Å². The van der Waals surface area contributed by atoms with Crippen LogP contribution in [0.2, 0.25) is 0 Å². The average molecular weight is 394 g/mol. The van der Waals surface area contributed by atoms with E-state index in [1.54, 1.807) is 36.1 Å². The highest BCUT2D eigenvalue weighted by atomic mass is 16.2. The van der Waals surface area contributed by atoms with Crippen LogP contribution in [0, 0.1) is 0 Å². The Labute approximate surface area is 168 Å². The maximum Gasteiger partial charge on any atom is 0.332 e. The van der Waals surface area contributed by atoms with Crippen LogP contribution in [-0.4, -0.2) is 64.1 Å². The summed E-state index contributed by atoms with van der Waals surface area (Å²) in [6.07, 6.45) is 3.41. The minimum absolute atomic E-state index is 0.140. The van der Waals surface area contributed by atoms with Gasteiger partial charge in [-0.2, -0.15) is 0 Å². The molecule has 4 amide bonds. The lowest BCUT2D eigenvalue weighted by atomic mass is 10.2. The fraction of sp³-hybridized carbons (Fsp3) is 0.333. The second-order valence-corrected chi connectivity index (χ2v) is 7.31. The summed E-state index contributed by atoms with van der Waals surface area (Å²) in [5, 5.41) is 0. The van der Waals surface area contributed by atoms with Crippen LogP contribution in [0.5, 0.6) is 0 Å². The quantitative estimate of drug-likeness (QED) is 0.622. The first-order valence-electron chi connectivity index (χ1n) is 9.68. The third-order valence-electron chi connectivity index (χ3n) is 5.41. The van der Waals surface area contributed by atoms with E-state index in [4.69, 9.17) is 0 Å². The number of anilines is 1. The van der Waals surface area contributed by atoms with Crippen LogP contribution in [0.15, 0.2) is 42.6 Å². The maximum absolute atomic E-state index is 12.8. The number of imide groups is 1. The zero-order valence-corrected chi connectivity index (χ0v) is 16.1. The van der Waals surface area contributed by atoms with Gasteiger partial charge in [-0.15, -0.1) is 0 Å². The van der Waals surface area contributed by atoms with Gasteiger partial charge in [0, 0.05) is 30.5 Å². The largest absolute Gasteiger partial charge is 0.356 e. The van der Waals surface area contributed by atoms with Crippen LogP contribution < -0.4 is 4.90 Å². The summed E-state index contributed by atoms with van der Waals surface area (Å²) < 4.78 is 0. The Balaban J connectivity index is 1.48. The number of nitrogens with one attached hydrogen (secondary N) is 1. The smallest absolute Gasteiger partial charge is 0.332 e. The van der Waals surface area contributed by atoms with E-state index in [1.165, 1.54) is 17.2 Å². The Morgan fingerprint density at radius 1 is 1.10 bits per heavy atom. The molecule has 4 rings (SSSR count). The summed E-state index contributed by atoms with van der Waals surface area (Å²) in [6, 6.07) is 9.17. The summed E-state index contributed by atoms with van der Waals surface area (Å²) in [7, 11) is 0. The van der Waals surface area contributed by atoms with Gasteiger partial charge in [0.2, 0.25) is 0 Å². The first kappa shape index (κ1) is 18.9. The van der Waals surface area contributed by atoms with Crippen molar-refractivity contribution in [3.63, 3.8) is 0 Å². The molecule has 29 heavy (non-hydrogen) atoms. The number of benzene rings is 1. The fourth-order valence-corrected chi connectivity index (χ4v) is 3.80. The second-order valence-electron chi connectivity index (χ2n) is 7.31.